The normalized spacial score (nSPS) is 4.00. The van der Waals surface area contributed by atoms with E-state index in [0.29, 0.717) is 0 Å². The zero-order chi connectivity index (χ0) is 7.15. The van der Waals surface area contributed by atoms with Gasteiger partial charge in [-0.25, -0.2) is 0 Å². The molecule has 0 spiro atoms. The molecule has 0 aromatic heterocycles. The van der Waals surface area contributed by atoms with Crippen LogP contribution in [-0.2, 0) is 0 Å². The molecule has 0 aliphatic heterocycles. The van der Waals surface area contributed by atoms with Gasteiger partial charge in [0.1, 0.15) is 0 Å². The van der Waals surface area contributed by atoms with Crippen molar-refractivity contribution in [1.82, 2.24) is 0 Å². The van der Waals surface area contributed by atoms with Crippen LogP contribution in [0.1, 0.15) is 0 Å². The quantitative estimate of drug-likeness (QED) is 0.245. The van der Waals surface area contributed by atoms with Crippen molar-refractivity contribution in [2.45, 2.75) is 0 Å². The van der Waals surface area contributed by atoms with Crippen molar-refractivity contribution in [2.24, 2.45) is 0 Å². The summed E-state index contributed by atoms with van der Waals surface area (Å²) in [6, 6.07) is 0. The summed E-state index contributed by atoms with van der Waals surface area (Å²) in [4.78, 5) is 16.5. The molecule has 64 valence electrons. The Labute approximate surface area is 139 Å². The van der Waals surface area contributed by atoms with Crippen LogP contribution < -0.4 is 24.8 Å². The zero-order valence-electron chi connectivity index (χ0n) is 5.51. The van der Waals surface area contributed by atoms with E-state index in [2.05, 4.69) is 0 Å². The second kappa shape index (κ2) is 29.4. The molecule has 12 heavy (non-hydrogen) atoms. The first kappa shape index (κ1) is 37.5. The van der Waals surface area contributed by atoms with E-state index in [0.717, 1.165) is 0 Å². The first-order valence-electron chi connectivity index (χ1n) is 1.10. The minimum Gasteiger partial charge on any atom is -1.00 e. The molecule has 0 fully saturated rings. The van der Waals surface area contributed by atoms with Gasteiger partial charge in [-0.05, 0) is 0 Å². The Balaban J connectivity index is -0.0000000112. The third-order valence-electron chi connectivity index (χ3n) is 0. The van der Waals surface area contributed by atoms with Gasteiger partial charge in [-0.15, -0.1) is 0 Å². The summed E-state index contributed by atoms with van der Waals surface area (Å²) in [5.74, 6) is 0. The average molecular weight is 275 g/mol. The second-order valence-corrected chi connectivity index (χ2v) is 0.447. The van der Waals surface area contributed by atoms with Gasteiger partial charge in [0.2, 0.25) is 0 Å². The predicted molar refractivity (Wildman–Crippen MR) is 32.2 cm³/mol. The van der Waals surface area contributed by atoms with E-state index in [1.807, 2.05) is 0 Å². The largest absolute Gasteiger partial charge is 2.00 e. The maximum Gasteiger partial charge on any atom is 2.00 e. The van der Waals surface area contributed by atoms with Crippen LogP contribution in [0.25, 0.3) is 0 Å². The molecule has 0 unspecified atom stereocenters. The topological polar surface area (TPSA) is 132 Å². The maximum absolute atomic E-state index is 8.25. The minimum atomic E-state index is -1.75. The Morgan fingerprint density at radius 2 is 0.667 bits per heavy atom. The summed E-state index contributed by atoms with van der Waals surface area (Å²) < 4.78 is 0. The van der Waals surface area contributed by atoms with Crippen LogP contribution in [0.2, 0.25) is 0 Å². The van der Waals surface area contributed by atoms with Gasteiger partial charge in [-0.1, -0.05) is 0 Å². The van der Waals surface area contributed by atoms with Gasteiger partial charge in [-0.3, -0.25) is 0 Å². The molecule has 0 N–H and O–H groups in total. The smallest absolute Gasteiger partial charge is 1.00 e. The fraction of sp³-hybridized carbons (Fsp3) is 0. The van der Waals surface area contributed by atoms with E-state index >= 15 is 0 Å². The van der Waals surface area contributed by atoms with Gasteiger partial charge in [0.05, 0.1) is 10.2 Å². The fourth-order valence-corrected chi connectivity index (χ4v) is 0. The van der Waals surface area contributed by atoms with E-state index in [1.54, 1.807) is 0 Å². The summed E-state index contributed by atoms with van der Waals surface area (Å²) >= 11 is 0. The molecule has 0 aromatic carbocycles. The first-order valence-corrected chi connectivity index (χ1v) is 1.10. The van der Waals surface area contributed by atoms with E-state index in [-0.39, 0.29) is 100 Å². The van der Waals surface area contributed by atoms with Crippen LogP contribution >= 0.6 is 0 Å². The molecule has 0 heterocycles. The molecule has 0 radical (unpaired) electrons. The molecule has 0 bridgehead atoms. The number of hydrogen-bond donors (Lipinski definition) is 0. The number of halogens is 2. The van der Waals surface area contributed by atoms with Gasteiger partial charge >= 0.3 is 75.5 Å². The molecule has 0 aromatic rings. The minimum absolute atomic E-state index is 0. The van der Waals surface area contributed by atoms with Crippen molar-refractivity contribution in [1.29, 1.82) is 0 Å². The Morgan fingerprint density at radius 1 is 0.667 bits per heavy atom. The van der Waals surface area contributed by atoms with E-state index in [9.17, 15) is 0 Å². The van der Waals surface area contributed by atoms with Crippen LogP contribution in [0.4, 0.5) is 0 Å². The van der Waals surface area contributed by atoms with Gasteiger partial charge in [0.15, 0.2) is 0 Å². The standard InChI is InChI=1S/2Ca.2ClH.2NO3/c;;;;2*2-1(3)4/h;;2*1H;;/q2*+2;;;2*-1/p-2. The average Bonchev–Trinajstić information content (AvgIpc) is 1.25. The van der Waals surface area contributed by atoms with E-state index < -0.39 is 10.2 Å². The molecule has 0 amide bonds. The summed E-state index contributed by atoms with van der Waals surface area (Å²) in [7, 11) is 0. The molecular formula is Ca2Cl2N2O6. The molecule has 0 rings (SSSR count). The third-order valence-corrected chi connectivity index (χ3v) is 0. The van der Waals surface area contributed by atoms with E-state index in [4.69, 9.17) is 30.6 Å². The number of hydrogen-bond acceptors (Lipinski definition) is 6. The molecule has 8 nitrogen and oxygen atoms in total. The molecule has 0 saturated heterocycles. The van der Waals surface area contributed by atoms with Crippen molar-refractivity contribution < 1.29 is 35.0 Å². The third kappa shape index (κ3) is 564. The Bertz CT molecular complexity index is 79.5. The monoisotopic (exact) mass is 274 g/mol. The van der Waals surface area contributed by atoms with Crippen molar-refractivity contribution in [2.75, 3.05) is 0 Å². The summed E-state index contributed by atoms with van der Waals surface area (Å²) in [6.45, 7) is 0. The zero-order valence-corrected chi connectivity index (χ0v) is 11.4. The molecule has 12 heteroatoms. The Kier molecular flexibility index (Phi) is 91.8. The summed E-state index contributed by atoms with van der Waals surface area (Å²) in [6.07, 6.45) is 0. The molecule has 0 saturated carbocycles. The Morgan fingerprint density at radius 3 is 0.667 bits per heavy atom. The van der Waals surface area contributed by atoms with Crippen LogP contribution in [-0.4, -0.2) is 85.6 Å². The fourth-order valence-electron chi connectivity index (χ4n) is 0. The van der Waals surface area contributed by atoms with Crippen molar-refractivity contribution >= 4 is 75.5 Å². The van der Waals surface area contributed by atoms with E-state index in [1.165, 1.54) is 0 Å². The number of rotatable bonds is 0. The predicted octanol–water partition coefficient (Wildman–Crippen LogP) is -7.23. The second-order valence-electron chi connectivity index (χ2n) is 0.447. The van der Waals surface area contributed by atoms with Gasteiger partial charge in [0, 0.05) is 0 Å². The molecule has 0 aliphatic carbocycles. The van der Waals surface area contributed by atoms with Crippen LogP contribution in [0.3, 0.4) is 0 Å². The summed E-state index contributed by atoms with van der Waals surface area (Å²) in [5.41, 5.74) is 0. The van der Waals surface area contributed by atoms with Gasteiger partial charge in [0.25, 0.3) is 0 Å². The van der Waals surface area contributed by atoms with Crippen molar-refractivity contribution in [3.63, 3.8) is 0 Å². The first-order chi connectivity index (χ1) is 3.46. The van der Waals surface area contributed by atoms with Crippen LogP contribution in [0.15, 0.2) is 0 Å². The molecule has 0 aliphatic rings. The Hall–Kier alpha value is 1.50. The van der Waals surface area contributed by atoms with Crippen LogP contribution in [0.5, 0.6) is 0 Å². The SMILES string of the molecule is O=[N+]([O-])[O-].O=[N+]([O-])[O-].[Ca+2].[Ca+2].[Cl-].[Cl-]. The maximum atomic E-state index is 8.25. The summed E-state index contributed by atoms with van der Waals surface area (Å²) in [5, 5.41) is 29.5. The van der Waals surface area contributed by atoms with Crippen molar-refractivity contribution in [3.05, 3.63) is 30.6 Å². The molecule has 0 atom stereocenters. The molecular weight excluding hydrogens is 275 g/mol. The number of nitrogens with zero attached hydrogens (tertiary/aromatic N) is 2. The van der Waals surface area contributed by atoms with Gasteiger partial charge in [-0.2, -0.15) is 0 Å². The van der Waals surface area contributed by atoms with Crippen LogP contribution in [0, 0.1) is 30.6 Å². The van der Waals surface area contributed by atoms with Gasteiger partial charge < -0.3 is 55.5 Å². The van der Waals surface area contributed by atoms with Crippen molar-refractivity contribution in [3.8, 4) is 0 Å².